The van der Waals surface area contributed by atoms with Gasteiger partial charge in [-0.1, -0.05) is 34.6 Å². The minimum atomic E-state index is 0.0443. The molecule has 17 heavy (non-hydrogen) atoms. The molecule has 1 atom stereocenters. The highest BCUT2D eigenvalue weighted by Gasteiger charge is 2.26. The predicted octanol–water partition coefficient (Wildman–Crippen LogP) is 1.72. The van der Waals surface area contributed by atoms with Crippen LogP contribution in [0.3, 0.4) is 0 Å². The van der Waals surface area contributed by atoms with Crippen LogP contribution in [0.1, 0.15) is 51.9 Å². The van der Waals surface area contributed by atoms with Crippen molar-refractivity contribution in [3.8, 4) is 0 Å². The molecule has 0 amide bonds. The van der Waals surface area contributed by atoms with Crippen molar-refractivity contribution >= 4 is 0 Å². The zero-order valence-electron chi connectivity index (χ0n) is 11.9. The fourth-order valence-electron chi connectivity index (χ4n) is 2.03. The summed E-state index contributed by atoms with van der Waals surface area (Å²) in [4.78, 5) is 0. The maximum atomic E-state index is 5.87. The molecule has 1 rings (SSSR count). The van der Waals surface area contributed by atoms with E-state index >= 15 is 0 Å². The van der Waals surface area contributed by atoms with Crippen molar-refractivity contribution in [2.24, 2.45) is 12.8 Å². The lowest BCUT2D eigenvalue weighted by atomic mass is 9.87. The Morgan fingerprint density at radius 1 is 1.41 bits per heavy atom. The fraction of sp³-hybridized carbons (Fsp3) is 0.769. The van der Waals surface area contributed by atoms with E-state index in [0.29, 0.717) is 12.6 Å². The zero-order chi connectivity index (χ0) is 13.2. The number of rotatable bonds is 4. The quantitative estimate of drug-likeness (QED) is 0.839. The number of nitrogens with zero attached hydrogens (tertiary/aromatic N) is 2. The molecule has 0 aromatic carbocycles. The van der Waals surface area contributed by atoms with E-state index in [1.165, 1.54) is 5.56 Å². The van der Waals surface area contributed by atoms with Crippen LogP contribution in [-0.4, -0.2) is 22.4 Å². The van der Waals surface area contributed by atoms with Crippen LogP contribution < -0.4 is 11.1 Å². The largest absolute Gasteiger partial charge is 0.329 e. The molecular formula is C13H26N4. The first-order valence-electron chi connectivity index (χ1n) is 6.25. The molecule has 1 aromatic rings. The van der Waals surface area contributed by atoms with E-state index in [4.69, 9.17) is 5.73 Å². The molecule has 0 aliphatic carbocycles. The van der Waals surface area contributed by atoms with Crippen molar-refractivity contribution in [3.05, 3.63) is 17.5 Å². The average Bonchev–Trinajstić information content (AvgIpc) is 2.55. The molecule has 4 nitrogen and oxygen atoms in total. The Morgan fingerprint density at radius 2 is 2.00 bits per heavy atom. The van der Waals surface area contributed by atoms with Crippen LogP contribution in [0.5, 0.6) is 0 Å². The SMILES string of the molecule is CC(C)NC(CN)c1cn(C)nc1C(C)(C)C. The highest BCUT2D eigenvalue weighted by molar-refractivity contribution is 5.27. The summed E-state index contributed by atoms with van der Waals surface area (Å²) in [5.41, 5.74) is 8.27. The lowest BCUT2D eigenvalue weighted by molar-refractivity contribution is 0.468. The molecule has 0 saturated heterocycles. The highest BCUT2D eigenvalue weighted by Crippen LogP contribution is 2.28. The van der Waals surface area contributed by atoms with Crippen LogP contribution >= 0.6 is 0 Å². The number of nitrogens with one attached hydrogen (secondary N) is 1. The molecule has 0 radical (unpaired) electrons. The van der Waals surface area contributed by atoms with E-state index in [0.717, 1.165) is 5.69 Å². The third-order valence-corrected chi connectivity index (χ3v) is 2.71. The van der Waals surface area contributed by atoms with Crippen LogP contribution in [0, 0.1) is 0 Å². The number of hydrogen-bond acceptors (Lipinski definition) is 3. The van der Waals surface area contributed by atoms with Gasteiger partial charge in [-0.25, -0.2) is 0 Å². The average molecular weight is 238 g/mol. The maximum absolute atomic E-state index is 5.87. The minimum absolute atomic E-state index is 0.0443. The molecule has 0 saturated carbocycles. The van der Waals surface area contributed by atoms with Crippen molar-refractivity contribution in [2.45, 2.75) is 52.1 Å². The van der Waals surface area contributed by atoms with Gasteiger partial charge in [-0.05, 0) is 0 Å². The normalized spacial score (nSPS) is 14.4. The van der Waals surface area contributed by atoms with Gasteiger partial charge in [0.15, 0.2) is 0 Å². The molecular weight excluding hydrogens is 212 g/mol. The standard InChI is InChI=1S/C13H26N4/c1-9(2)15-11(7-14)10-8-17(6)16-12(10)13(3,4)5/h8-9,11,15H,7,14H2,1-6H3. The fourth-order valence-corrected chi connectivity index (χ4v) is 2.03. The van der Waals surface area contributed by atoms with E-state index in [-0.39, 0.29) is 11.5 Å². The van der Waals surface area contributed by atoms with Gasteiger partial charge in [-0.3, -0.25) is 4.68 Å². The van der Waals surface area contributed by atoms with Crippen molar-refractivity contribution in [1.29, 1.82) is 0 Å². The van der Waals surface area contributed by atoms with Crippen molar-refractivity contribution in [2.75, 3.05) is 6.54 Å². The molecule has 0 bridgehead atoms. The molecule has 0 aliphatic heterocycles. The molecule has 1 unspecified atom stereocenters. The van der Waals surface area contributed by atoms with Crippen molar-refractivity contribution in [3.63, 3.8) is 0 Å². The Hall–Kier alpha value is -0.870. The number of hydrogen-bond donors (Lipinski definition) is 2. The van der Waals surface area contributed by atoms with E-state index in [2.05, 4.69) is 51.2 Å². The van der Waals surface area contributed by atoms with Crippen molar-refractivity contribution in [1.82, 2.24) is 15.1 Å². The Labute approximate surface area is 105 Å². The van der Waals surface area contributed by atoms with Gasteiger partial charge in [-0.15, -0.1) is 0 Å². The van der Waals surface area contributed by atoms with Gasteiger partial charge in [-0.2, -0.15) is 5.10 Å². The second-order valence-corrected chi connectivity index (χ2v) is 5.97. The van der Waals surface area contributed by atoms with E-state index in [9.17, 15) is 0 Å². The summed E-state index contributed by atoms with van der Waals surface area (Å²) in [5, 5.41) is 8.07. The van der Waals surface area contributed by atoms with Crippen LogP contribution in [0.15, 0.2) is 6.20 Å². The van der Waals surface area contributed by atoms with Crippen LogP contribution in [0.25, 0.3) is 0 Å². The third kappa shape index (κ3) is 3.54. The van der Waals surface area contributed by atoms with Gasteiger partial charge in [0.25, 0.3) is 0 Å². The monoisotopic (exact) mass is 238 g/mol. The van der Waals surface area contributed by atoms with E-state index < -0.39 is 0 Å². The van der Waals surface area contributed by atoms with Gasteiger partial charge in [0.05, 0.1) is 5.69 Å². The van der Waals surface area contributed by atoms with Gasteiger partial charge in [0, 0.05) is 42.9 Å². The Morgan fingerprint density at radius 3 is 2.41 bits per heavy atom. The zero-order valence-corrected chi connectivity index (χ0v) is 11.9. The second-order valence-electron chi connectivity index (χ2n) is 5.97. The van der Waals surface area contributed by atoms with Crippen LogP contribution in [0.2, 0.25) is 0 Å². The lowest BCUT2D eigenvalue weighted by Gasteiger charge is -2.24. The molecule has 1 aromatic heterocycles. The molecule has 0 spiro atoms. The summed E-state index contributed by atoms with van der Waals surface area (Å²) in [6, 6.07) is 0.592. The first-order valence-corrected chi connectivity index (χ1v) is 6.25. The summed E-state index contributed by atoms with van der Waals surface area (Å²) in [6.07, 6.45) is 2.08. The smallest absolute Gasteiger partial charge is 0.0726 e. The molecule has 3 N–H and O–H groups in total. The minimum Gasteiger partial charge on any atom is -0.329 e. The Kier molecular flexibility index (Phi) is 4.33. The molecule has 0 fully saturated rings. The first kappa shape index (κ1) is 14.2. The highest BCUT2D eigenvalue weighted by atomic mass is 15.3. The molecule has 1 heterocycles. The first-order chi connectivity index (χ1) is 7.75. The Bertz CT molecular complexity index is 360. The Balaban J connectivity index is 3.10. The predicted molar refractivity (Wildman–Crippen MR) is 72.0 cm³/mol. The summed E-state index contributed by atoms with van der Waals surface area (Å²) < 4.78 is 1.88. The molecule has 98 valence electrons. The number of nitrogens with two attached hydrogens (primary N) is 1. The summed E-state index contributed by atoms with van der Waals surface area (Å²) >= 11 is 0. The molecule has 4 heteroatoms. The van der Waals surface area contributed by atoms with E-state index in [1.807, 2.05) is 11.7 Å². The van der Waals surface area contributed by atoms with Gasteiger partial charge < -0.3 is 11.1 Å². The lowest BCUT2D eigenvalue weighted by Crippen LogP contribution is -2.34. The van der Waals surface area contributed by atoms with Gasteiger partial charge in [0.1, 0.15) is 0 Å². The second kappa shape index (κ2) is 5.19. The third-order valence-electron chi connectivity index (χ3n) is 2.71. The topological polar surface area (TPSA) is 55.9 Å². The van der Waals surface area contributed by atoms with Crippen LogP contribution in [0.4, 0.5) is 0 Å². The van der Waals surface area contributed by atoms with E-state index in [1.54, 1.807) is 0 Å². The van der Waals surface area contributed by atoms with Crippen LogP contribution in [-0.2, 0) is 12.5 Å². The van der Waals surface area contributed by atoms with Gasteiger partial charge >= 0.3 is 0 Å². The van der Waals surface area contributed by atoms with Gasteiger partial charge in [0.2, 0.25) is 0 Å². The number of aromatic nitrogens is 2. The molecule has 0 aliphatic rings. The maximum Gasteiger partial charge on any atom is 0.0726 e. The summed E-state index contributed by atoms with van der Waals surface area (Å²) in [7, 11) is 1.96. The summed E-state index contributed by atoms with van der Waals surface area (Å²) in [5.74, 6) is 0. The summed E-state index contributed by atoms with van der Waals surface area (Å²) in [6.45, 7) is 11.4. The van der Waals surface area contributed by atoms with Crippen molar-refractivity contribution < 1.29 is 0 Å². The number of aryl methyl sites for hydroxylation is 1.